The molecule has 0 aromatic heterocycles. The number of methoxy groups -OCH3 is 1. The second kappa shape index (κ2) is 8.83. The Bertz CT molecular complexity index is 675. The molecule has 0 aliphatic carbocycles. The van der Waals surface area contributed by atoms with E-state index >= 15 is 0 Å². The smallest absolute Gasteiger partial charge is 0.331 e. The minimum absolute atomic E-state index is 0.0594. The molecule has 0 atom stereocenters. The summed E-state index contributed by atoms with van der Waals surface area (Å²) >= 11 is 0. The molecule has 6 heteroatoms. The van der Waals surface area contributed by atoms with Crippen molar-refractivity contribution in [2.24, 2.45) is 5.41 Å². The van der Waals surface area contributed by atoms with Gasteiger partial charge >= 0.3 is 5.97 Å². The Hall–Kier alpha value is -2.37. The summed E-state index contributed by atoms with van der Waals surface area (Å²) in [7, 11) is 1.37. The van der Waals surface area contributed by atoms with Gasteiger partial charge in [-0.05, 0) is 49.5 Å². The third-order valence-corrected chi connectivity index (χ3v) is 3.38. The average molecular weight is 365 g/mol. The molecule has 0 aliphatic heterocycles. The minimum atomic E-state index is -0.676. The van der Waals surface area contributed by atoms with Crippen LogP contribution in [0.5, 0.6) is 5.75 Å². The van der Waals surface area contributed by atoms with Crippen molar-refractivity contribution < 1.29 is 23.5 Å². The molecular weight excluding hydrogens is 337 g/mol. The number of amides is 1. The van der Waals surface area contributed by atoms with E-state index in [0.29, 0.717) is 5.56 Å². The summed E-state index contributed by atoms with van der Waals surface area (Å²) in [6.07, 6.45) is 3.34. The Morgan fingerprint density at radius 2 is 1.85 bits per heavy atom. The fourth-order valence-electron chi connectivity index (χ4n) is 2.92. The number of nitrogens with one attached hydrogen (secondary N) is 1. The van der Waals surface area contributed by atoms with Gasteiger partial charge in [-0.15, -0.1) is 0 Å². The van der Waals surface area contributed by atoms with E-state index in [1.165, 1.54) is 25.3 Å². The number of carbonyl (C=O) groups excluding carboxylic acids is 2. The lowest BCUT2D eigenvalue weighted by atomic mass is 9.82. The van der Waals surface area contributed by atoms with Crippen LogP contribution in [-0.2, 0) is 14.3 Å². The first kappa shape index (κ1) is 21.7. The molecule has 0 saturated heterocycles. The maximum atomic E-state index is 13.6. The molecule has 0 saturated carbocycles. The number of rotatable bonds is 7. The Kier molecular flexibility index (Phi) is 7.36. The molecule has 1 rings (SSSR count). The molecule has 0 fully saturated rings. The molecule has 1 aromatic carbocycles. The van der Waals surface area contributed by atoms with Crippen LogP contribution in [-0.4, -0.2) is 31.1 Å². The lowest BCUT2D eigenvalue weighted by molar-refractivity contribution is -0.144. The Morgan fingerprint density at radius 1 is 1.19 bits per heavy atom. The number of halogens is 1. The van der Waals surface area contributed by atoms with E-state index in [-0.39, 0.29) is 23.7 Å². The van der Waals surface area contributed by atoms with Crippen molar-refractivity contribution in [3.05, 3.63) is 35.7 Å². The van der Waals surface area contributed by atoms with Gasteiger partial charge in [-0.25, -0.2) is 9.18 Å². The Balaban J connectivity index is 2.51. The quantitative estimate of drug-likeness (QED) is 0.591. The minimum Gasteiger partial charge on any atom is -0.494 e. The van der Waals surface area contributed by atoms with Crippen LogP contribution in [0.3, 0.4) is 0 Å². The lowest BCUT2D eigenvalue weighted by Crippen LogP contribution is -2.47. The Morgan fingerprint density at radius 3 is 2.38 bits per heavy atom. The highest BCUT2D eigenvalue weighted by Crippen LogP contribution is 2.26. The first-order chi connectivity index (χ1) is 11.9. The van der Waals surface area contributed by atoms with Crippen molar-refractivity contribution in [2.75, 3.05) is 13.7 Å². The summed E-state index contributed by atoms with van der Waals surface area (Å²) in [5.41, 5.74) is 0.137. The van der Waals surface area contributed by atoms with Crippen molar-refractivity contribution in [2.45, 2.75) is 46.6 Å². The van der Waals surface area contributed by atoms with Gasteiger partial charge in [-0.2, -0.15) is 0 Å². The molecule has 0 aliphatic rings. The van der Waals surface area contributed by atoms with Crippen molar-refractivity contribution in [3.63, 3.8) is 0 Å². The first-order valence-corrected chi connectivity index (χ1v) is 8.41. The van der Waals surface area contributed by atoms with Gasteiger partial charge in [0.1, 0.15) is 0 Å². The molecule has 1 N–H and O–H groups in total. The van der Waals surface area contributed by atoms with Gasteiger partial charge in [0.15, 0.2) is 18.2 Å². The van der Waals surface area contributed by atoms with Crippen LogP contribution in [0.2, 0.25) is 0 Å². The van der Waals surface area contributed by atoms with E-state index in [0.717, 1.165) is 12.5 Å². The SMILES string of the molecule is COc1ccc(/C=C/C(=O)OCC(=O)NC(C)(C)CC(C)(C)C)cc1F. The highest BCUT2D eigenvalue weighted by atomic mass is 19.1. The summed E-state index contributed by atoms with van der Waals surface area (Å²) in [6, 6.07) is 4.31. The van der Waals surface area contributed by atoms with Crippen molar-refractivity contribution in [3.8, 4) is 5.75 Å². The molecule has 0 bridgehead atoms. The number of carbonyl (C=O) groups is 2. The van der Waals surface area contributed by atoms with E-state index in [2.05, 4.69) is 26.1 Å². The highest BCUT2D eigenvalue weighted by Gasteiger charge is 2.27. The molecule has 0 unspecified atom stereocenters. The van der Waals surface area contributed by atoms with Gasteiger partial charge in [0.2, 0.25) is 0 Å². The van der Waals surface area contributed by atoms with Gasteiger partial charge in [-0.1, -0.05) is 26.8 Å². The van der Waals surface area contributed by atoms with E-state index in [1.54, 1.807) is 6.07 Å². The largest absolute Gasteiger partial charge is 0.494 e. The van der Waals surface area contributed by atoms with Crippen LogP contribution in [0.15, 0.2) is 24.3 Å². The summed E-state index contributed by atoms with van der Waals surface area (Å²) in [5.74, 6) is -1.44. The van der Waals surface area contributed by atoms with Gasteiger partial charge in [0.05, 0.1) is 7.11 Å². The number of esters is 1. The maximum Gasteiger partial charge on any atom is 0.331 e. The van der Waals surface area contributed by atoms with Gasteiger partial charge in [0.25, 0.3) is 5.91 Å². The lowest BCUT2D eigenvalue weighted by Gasteiger charge is -2.33. The fourth-order valence-corrected chi connectivity index (χ4v) is 2.92. The number of ether oxygens (including phenoxy) is 2. The average Bonchev–Trinajstić information content (AvgIpc) is 2.48. The molecule has 144 valence electrons. The molecule has 0 radical (unpaired) electrons. The van der Waals surface area contributed by atoms with Gasteiger partial charge in [-0.3, -0.25) is 4.79 Å². The maximum absolute atomic E-state index is 13.6. The number of hydrogen-bond donors (Lipinski definition) is 1. The summed E-state index contributed by atoms with van der Waals surface area (Å²) < 4.78 is 23.3. The topological polar surface area (TPSA) is 64.6 Å². The standard InChI is InChI=1S/C20H28FNO4/c1-19(2,3)13-20(4,5)22-17(23)12-26-18(24)10-8-14-7-9-16(25-6)15(21)11-14/h7-11H,12-13H2,1-6H3,(H,22,23)/b10-8+. The van der Waals surface area contributed by atoms with Crippen LogP contribution in [0, 0.1) is 11.2 Å². The van der Waals surface area contributed by atoms with Gasteiger partial charge < -0.3 is 14.8 Å². The molecule has 26 heavy (non-hydrogen) atoms. The number of hydrogen-bond acceptors (Lipinski definition) is 4. The second-order valence-corrected chi connectivity index (χ2v) is 8.00. The molecular formula is C20H28FNO4. The molecule has 5 nitrogen and oxygen atoms in total. The van der Waals surface area contributed by atoms with Crippen LogP contribution in [0.4, 0.5) is 4.39 Å². The third kappa shape index (κ3) is 8.14. The summed E-state index contributed by atoms with van der Waals surface area (Å²) in [5, 5.41) is 2.86. The van der Waals surface area contributed by atoms with E-state index < -0.39 is 17.3 Å². The second-order valence-electron chi connectivity index (χ2n) is 8.00. The van der Waals surface area contributed by atoms with Gasteiger partial charge in [0, 0.05) is 11.6 Å². The zero-order valence-electron chi connectivity index (χ0n) is 16.3. The normalized spacial score (nSPS) is 12.1. The van der Waals surface area contributed by atoms with Crippen LogP contribution in [0.25, 0.3) is 6.08 Å². The number of benzene rings is 1. The van der Waals surface area contributed by atoms with Crippen LogP contribution in [0.1, 0.15) is 46.6 Å². The van der Waals surface area contributed by atoms with Crippen molar-refractivity contribution >= 4 is 18.0 Å². The van der Waals surface area contributed by atoms with Crippen molar-refractivity contribution in [1.82, 2.24) is 5.32 Å². The summed E-state index contributed by atoms with van der Waals surface area (Å²) in [4.78, 5) is 23.7. The highest BCUT2D eigenvalue weighted by molar-refractivity contribution is 5.89. The van der Waals surface area contributed by atoms with E-state index in [9.17, 15) is 14.0 Å². The molecule has 1 amide bonds. The van der Waals surface area contributed by atoms with Crippen molar-refractivity contribution in [1.29, 1.82) is 0 Å². The fraction of sp³-hybridized carbons (Fsp3) is 0.500. The molecule has 1 aromatic rings. The third-order valence-electron chi connectivity index (χ3n) is 3.38. The Labute approximate surface area is 154 Å². The predicted molar refractivity (Wildman–Crippen MR) is 99.2 cm³/mol. The molecule has 0 spiro atoms. The van der Waals surface area contributed by atoms with Crippen LogP contribution >= 0.6 is 0 Å². The first-order valence-electron chi connectivity index (χ1n) is 8.41. The zero-order valence-corrected chi connectivity index (χ0v) is 16.3. The monoisotopic (exact) mass is 365 g/mol. The van der Waals surface area contributed by atoms with E-state index in [4.69, 9.17) is 9.47 Å². The zero-order chi connectivity index (χ0) is 20.0. The van der Waals surface area contributed by atoms with E-state index in [1.807, 2.05) is 13.8 Å². The van der Waals surface area contributed by atoms with Crippen LogP contribution < -0.4 is 10.1 Å². The summed E-state index contributed by atoms with van der Waals surface area (Å²) in [6.45, 7) is 9.76. The predicted octanol–water partition coefficient (Wildman–Crippen LogP) is 3.72. The molecule has 0 heterocycles.